The quantitative estimate of drug-likeness (QED) is 0.513. The second-order valence-corrected chi connectivity index (χ2v) is 4.24. The zero-order valence-electron chi connectivity index (χ0n) is 9.34. The van der Waals surface area contributed by atoms with E-state index in [-0.39, 0.29) is 18.2 Å². The topological polar surface area (TPSA) is 81.8 Å². The van der Waals surface area contributed by atoms with Gasteiger partial charge in [-0.05, 0) is 13.0 Å². The molecule has 1 aromatic rings. The number of rotatable bonds is 5. The Hall–Kier alpha value is -1.18. The highest BCUT2D eigenvalue weighted by molar-refractivity contribution is 9.10. The van der Waals surface area contributed by atoms with Crippen LogP contribution in [0.3, 0.4) is 0 Å². The van der Waals surface area contributed by atoms with Gasteiger partial charge in [0.15, 0.2) is 6.79 Å². The van der Waals surface area contributed by atoms with E-state index >= 15 is 0 Å². The molecule has 0 saturated carbocycles. The predicted octanol–water partition coefficient (Wildman–Crippen LogP) is 2.39. The molecule has 0 aliphatic rings. The number of benzene rings is 1. The summed E-state index contributed by atoms with van der Waals surface area (Å²) in [5.41, 5.74) is 0.121. The molecule has 0 aliphatic heterocycles. The van der Waals surface area contributed by atoms with Gasteiger partial charge in [-0.2, -0.15) is 0 Å². The fourth-order valence-electron chi connectivity index (χ4n) is 1.32. The molecule has 7 heteroatoms. The third-order valence-electron chi connectivity index (χ3n) is 2.03. The normalized spacial score (nSPS) is 12.2. The molecule has 0 fully saturated rings. The maximum Gasteiger partial charge on any atom is 0.312 e. The number of methoxy groups -OCH3 is 1. The standard InChI is InChI=1S/C10H12BrNO5/c1-6(13)8-3-7(11)4-9(12(14)15)10(8)17-5-16-2/h3-4,6,13H,5H2,1-2H3/t6-/m0/s1. The van der Waals surface area contributed by atoms with Gasteiger partial charge in [-0.3, -0.25) is 10.1 Å². The molecule has 1 atom stereocenters. The molecule has 0 amide bonds. The van der Waals surface area contributed by atoms with E-state index in [0.29, 0.717) is 10.0 Å². The van der Waals surface area contributed by atoms with E-state index in [9.17, 15) is 15.2 Å². The van der Waals surface area contributed by atoms with Gasteiger partial charge in [0.1, 0.15) is 0 Å². The van der Waals surface area contributed by atoms with Crippen LogP contribution in [0.2, 0.25) is 0 Å². The van der Waals surface area contributed by atoms with Crippen LogP contribution in [0, 0.1) is 10.1 Å². The van der Waals surface area contributed by atoms with Crippen molar-refractivity contribution >= 4 is 21.6 Å². The summed E-state index contributed by atoms with van der Waals surface area (Å²) in [6.07, 6.45) is -0.877. The highest BCUT2D eigenvalue weighted by Crippen LogP contribution is 2.37. The summed E-state index contributed by atoms with van der Waals surface area (Å²) in [7, 11) is 1.41. The van der Waals surface area contributed by atoms with Crippen LogP contribution >= 0.6 is 15.9 Å². The van der Waals surface area contributed by atoms with Crippen LogP contribution in [-0.4, -0.2) is 23.9 Å². The molecule has 0 radical (unpaired) electrons. The summed E-state index contributed by atoms with van der Waals surface area (Å²) >= 11 is 3.15. The Morgan fingerprint density at radius 2 is 2.24 bits per heavy atom. The number of halogens is 1. The fraction of sp³-hybridized carbons (Fsp3) is 0.400. The first-order valence-corrected chi connectivity index (χ1v) is 5.54. The Bertz CT molecular complexity index is 421. The van der Waals surface area contributed by atoms with Crippen molar-refractivity contribution in [2.24, 2.45) is 0 Å². The average Bonchev–Trinajstić information content (AvgIpc) is 2.26. The Balaban J connectivity index is 3.31. The monoisotopic (exact) mass is 305 g/mol. The van der Waals surface area contributed by atoms with E-state index in [1.54, 1.807) is 6.07 Å². The van der Waals surface area contributed by atoms with Gasteiger partial charge in [0.25, 0.3) is 0 Å². The lowest BCUT2D eigenvalue weighted by Gasteiger charge is -2.13. The number of nitrogens with zero attached hydrogens (tertiary/aromatic N) is 1. The summed E-state index contributed by atoms with van der Waals surface area (Å²) in [6, 6.07) is 2.89. The van der Waals surface area contributed by atoms with E-state index in [4.69, 9.17) is 9.47 Å². The van der Waals surface area contributed by atoms with Gasteiger partial charge in [0, 0.05) is 23.2 Å². The van der Waals surface area contributed by atoms with Crippen molar-refractivity contribution in [3.05, 3.63) is 32.3 Å². The van der Waals surface area contributed by atoms with Crippen molar-refractivity contribution < 1.29 is 19.5 Å². The maximum atomic E-state index is 10.9. The Morgan fingerprint density at radius 3 is 2.71 bits per heavy atom. The highest BCUT2D eigenvalue weighted by atomic mass is 79.9. The van der Waals surface area contributed by atoms with E-state index in [2.05, 4.69) is 15.9 Å². The minimum absolute atomic E-state index is 0.0232. The van der Waals surface area contributed by atoms with Gasteiger partial charge >= 0.3 is 5.69 Å². The van der Waals surface area contributed by atoms with Gasteiger partial charge in [-0.1, -0.05) is 15.9 Å². The summed E-state index contributed by atoms with van der Waals surface area (Å²) in [6.45, 7) is 1.38. The Labute approximate surface area is 106 Å². The summed E-state index contributed by atoms with van der Waals surface area (Å²) in [4.78, 5) is 10.3. The molecule has 0 spiro atoms. The molecule has 1 rings (SSSR count). The van der Waals surface area contributed by atoms with E-state index in [1.807, 2.05) is 0 Å². The van der Waals surface area contributed by atoms with Gasteiger partial charge in [-0.15, -0.1) is 0 Å². The molecule has 94 valence electrons. The number of ether oxygens (including phenoxy) is 2. The lowest BCUT2D eigenvalue weighted by molar-refractivity contribution is -0.386. The third kappa shape index (κ3) is 3.39. The van der Waals surface area contributed by atoms with Crippen LogP contribution < -0.4 is 4.74 Å². The number of hydrogen-bond acceptors (Lipinski definition) is 5. The van der Waals surface area contributed by atoms with Crippen LogP contribution in [0.15, 0.2) is 16.6 Å². The Kier molecular flexibility index (Phi) is 4.86. The smallest absolute Gasteiger partial charge is 0.312 e. The van der Waals surface area contributed by atoms with Crippen LogP contribution in [0.25, 0.3) is 0 Å². The SMILES string of the molecule is COCOc1c([C@H](C)O)cc(Br)cc1[N+](=O)[O-]. The van der Waals surface area contributed by atoms with Crippen molar-refractivity contribution in [1.82, 2.24) is 0 Å². The second-order valence-electron chi connectivity index (χ2n) is 3.33. The molecule has 0 unspecified atom stereocenters. The molecule has 6 nitrogen and oxygen atoms in total. The number of nitro benzene ring substituents is 1. The molecule has 0 heterocycles. The molecular weight excluding hydrogens is 294 g/mol. The molecule has 1 N–H and O–H groups in total. The van der Waals surface area contributed by atoms with E-state index in [0.717, 1.165) is 0 Å². The fourth-order valence-corrected chi connectivity index (χ4v) is 1.78. The van der Waals surface area contributed by atoms with Crippen LogP contribution in [0.4, 0.5) is 5.69 Å². The molecular formula is C10H12BrNO5. The molecule has 0 aliphatic carbocycles. The van der Waals surface area contributed by atoms with Crippen molar-refractivity contribution in [2.75, 3.05) is 13.9 Å². The predicted molar refractivity (Wildman–Crippen MR) is 63.9 cm³/mol. The van der Waals surface area contributed by atoms with Crippen LogP contribution in [0.5, 0.6) is 5.75 Å². The number of nitro groups is 1. The second kappa shape index (κ2) is 5.95. The van der Waals surface area contributed by atoms with Crippen molar-refractivity contribution in [3.8, 4) is 5.75 Å². The van der Waals surface area contributed by atoms with Crippen molar-refractivity contribution in [1.29, 1.82) is 0 Å². The number of aliphatic hydroxyl groups is 1. The molecule has 0 saturated heterocycles. The molecule has 1 aromatic carbocycles. The van der Waals surface area contributed by atoms with Crippen molar-refractivity contribution in [2.45, 2.75) is 13.0 Å². The molecule has 0 aromatic heterocycles. The minimum Gasteiger partial charge on any atom is -0.460 e. The van der Waals surface area contributed by atoms with Crippen molar-refractivity contribution in [3.63, 3.8) is 0 Å². The minimum atomic E-state index is -0.877. The van der Waals surface area contributed by atoms with Gasteiger partial charge in [-0.25, -0.2) is 0 Å². The summed E-state index contributed by atoms with van der Waals surface area (Å²) in [5.74, 6) is 0.0232. The van der Waals surface area contributed by atoms with Crippen LogP contribution in [0.1, 0.15) is 18.6 Å². The van der Waals surface area contributed by atoms with Crippen LogP contribution in [-0.2, 0) is 4.74 Å². The van der Waals surface area contributed by atoms with Gasteiger partial charge in [0.05, 0.1) is 11.0 Å². The third-order valence-corrected chi connectivity index (χ3v) is 2.49. The summed E-state index contributed by atoms with van der Waals surface area (Å²) in [5, 5.41) is 20.5. The maximum absolute atomic E-state index is 10.9. The van der Waals surface area contributed by atoms with E-state index in [1.165, 1.54) is 20.1 Å². The van der Waals surface area contributed by atoms with E-state index < -0.39 is 11.0 Å². The highest BCUT2D eigenvalue weighted by Gasteiger charge is 2.23. The molecule has 17 heavy (non-hydrogen) atoms. The van der Waals surface area contributed by atoms with Gasteiger partial charge in [0.2, 0.25) is 5.75 Å². The first kappa shape index (κ1) is 13.9. The average molecular weight is 306 g/mol. The first-order valence-electron chi connectivity index (χ1n) is 4.75. The zero-order chi connectivity index (χ0) is 13.0. The number of aliphatic hydroxyl groups excluding tert-OH is 1. The lowest BCUT2D eigenvalue weighted by atomic mass is 10.1. The molecule has 0 bridgehead atoms. The zero-order valence-corrected chi connectivity index (χ0v) is 10.9. The lowest BCUT2D eigenvalue weighted by Crippen LogP contribution is -2.06. The first-order chi connectivity index (χ1) is 7.97. The summed E-state index contributed by atoms with van der Waals surface area (Å²) < 4.78 is 10.4. The Morgan fingerprint density at radius 1 is 1.59 bits per heavy atom. The van der Waals surface area contributed by atoms with Gasteiger partial charge < -0.3 is 14.6 Å². The largest absolute Gasteiger partial charge is 0.460 e. The number of hydrogen-bond donors (Lipinski definition) is 1.